The molecule has 3 aliphatic rings. The SMILES string of the molecule is CCCCC1[C@H](C2CC[C@H]([C@H](C)CCCC(C)C)C2)CC=C2C[C@@H](OC(C)=O)CC[C@@]21C. The number of fused-ring (bicyclic) bond motifs is 1. The first-order chi connectivity index (χ1) is 15.2. The minimum atomic E-state index is -0.116. The van der Waals surface area contributed by atoms with Crippen LogP contribution in [0.3, 0.4) is 0 Å². The van der Waals surface area contributed by atoms with Crippen LogP contribution < -0.4 is 0 Å². The molecule has 3 rings (SSSR count). The van der Waals surface area contributed by atoms with E-state index in [0.717, 1.165) is 48.3 Å². The van der Waals surface area contributed by atoms with E-state index >= 15 is 0 Å². The van der Waals surface area contributed by atoms with Crippen molar-refractivity contribution in [2.75, 3.05) is 0 Å². The Balaban J connectivity index is 1.67. The molecule has 32 heavy (non-hydrogen) atoms. The van der Waals surface area contributed by atoms with Crippen LogP contribution in [0.15, 0.2) is 11.6 Å². The molecule has 2 saturated carbocycles. The third kappa shape index (κ3) is 6.20. The minimum Gasteiger partial charge on any atom is -0.462 e. The summed E-state index contributed by atoms with van der Waals surface area (Å²) in [4.78, 5) is 11.5. The second-order valence-corrected chi connectivity index (χ2v) is 12.4. The molecule has 0 aromatic carbocycles. The molecule has 0 aromatic rings. The van der Waals surface area contributed by atoms with E-state index in [2.05, 4.69) is 40.7 Å². The van der Waals surface area contributed by atoms with E-state index in [0.29, 0.717) is 5.41 Å². The highest BCUT2D eigenvalue weighted by molar-refractivity contribution is 5.66. The molecule has 0 amide bonds. The normalized spacial score (nSPS) is 36.0. The lowest BCUT2D eigenvalue weighted by Crippen LogP contribution is -2.44. The number of hydrogen-bond donors (Lipinski definition) is 0. The van der Waals surface area contributed by atoms with Crippen LogP contribution in [0, 0.1) is 40.9 Å². The summed E-state index contributed by atoms with van der Waals surface area (Å²) in [5, 5.41) is 0. The highest BCUT2D eigenvalue weighted by atomic mass is 16.5. The van der Waals surface area contributed by atoms with E-state index in [-0.39, 0.29) is 12.1 Å². The van der Waals surface area contributed by atoms with Crippen LogP contribution in [0.2, 0.25) is 0 Å². The zero-order valence-corrected chi connectivity index (χ0v) is 22.1. The van der Waals surface area contributed by atoms with Crippen molar-refractivity contribution in [3.63, 3.8) is 0 Å². The van der Waals surface area contributed by atoms with Crippen molar-refractivity contribution in [3.8, 4) is 0 Å². The van der Waals surface area contributed by atoms with E-state index < -0.39 is 0 Å². The van der Waals surface area contributed by atoms with Gasteiger partial charge in [-0.3, -0.25) is 4.79 Å². The fourth-order valence-corrected chi connectivity index (χ4v) is 7.71. The topological polar surface area (TPSA) is 26.3 Å². The van der Waals surface area contributed by atoms with Crippen molar-refractivity contribution in [2.24, 2.45) is 40.9 Å². The molecule has 184 valence electrons. The smallest absolute Gasteiger partial charge is 0.302 e. The average molecular weight is 445 g/mol. The van der Waals surface area contributed by atoms with Gasteiger partial charge in [0.05, 0.1) is 0 Å². The number of carbonyl (C=O) groups is 1. The van der Waals surface area contributed by atoms with Crippen molar-refractivity contribution in [1.29, 1.82) is 0 Å². The van der Waals surface area contributed by atoms with Crippen LogP contribution in [-0.4, -0.2) is 12.1 Å². The maximum atomic E-state index is 11.5. The standard InChI is InChI=1S/C30H52O2/c1-7-8-12-29-28(25-14-13-24(19-25)22(4)11-9-10-21(2)3)16-15-26-20-27(32-23(5)31)17-18-30(26,29)6/h15,21-22,24-25,27-29H,7-14,16-20H2,1-6H3/t22-,24+,25?,27+,28+,29?,30+/m1/s1. The van der Waals surface area contributed by atoms with Crippen LogP contribution >= 0.6 is 0 Å². The number of carbonyl (C=O) groups excluding carboxylic acids is 1. The molecule has 2 fully saturated rings. The predicted octanol–water partition coefficient (Wildman–Crippen LogP) is 8.74. The van der Waals surface area contributed by atoms with E-state index in [1.165, 1.54) is 70.6 Å². The number of esters is 1. The Labute approximate surface area is 199 Å². The Kier molecular flexibility index (Phi) is 9.33. The molecule has 0 spiro atoms. The molecule has 2 heteroatoms. The number of ether oxygens (including phenoxy) is 1. The summed E-state index contributed by atoms with van der Waals surface area (Å²) in [5.74, 6) is 5.20. The largest absolute Gasteiger partial charge is 0.462 e. The fourth-order valence-electron chi connectivity index (χ4n) is 7.71. The molecule has 2 unspecified atom stereocenters. The fraction of sp³-hybridized carbons (Fsp3) is 0.900. The van der Waals surface area contributed by atoms with E-state index in [9.17, 15) is 4.79 Å². The maximum Gasteiger partial charge on any atom is 0.302 e. The Morgan fingerprint density at radius 3 is 2.62 bits per heavy atom. The van der Waals surface area contributed by atoms with Gasteiger partial charge in [-0.25, -0.2) is 0 Å². The second kappa shape index (κ2) is 11.6. The van der Waals surface area contributed by atoms with Gasteiger partial charge in [0, 0.05) is 13.3 Å². The third-order valence-electron chi connectivity index (χ3n) is 9.70. The summed E-state index contributed by atoms with van der Waals surface area (Å²) in [6.07, 6.45) is 19.9. The molecule has 3 aliphatic carbocycles. The predicted molar refractivity (Wildman–Crippen MR) is 135 cm³/mol. The first-order valence-corrected chi connectivity index (χ1v) is 14.1. The van der Waals surface area contributed by atoms with E-state index in [1.807, 2.05) is 0 Å². The third-order valence-corrected chi connectivity index (χ3v) is 9.70. The molecule has 0 N–H and O–H groups in total. The quantitative estimate of drug-likeness (QED) is 0.249. The van der Waals surface area contributed by atoms with Crippen LogP contribution in [0.5, 0.6) is 0 Å². The zero-order valence-electron chi connectivity index (χ0n) is 22.1. The van der Waals surface area contributed by atoms with Gasteiger partial charge in [-0.2, -0.15) is 0 Å². The Morgan fingerprint density at radius 1 is 1.16 bits per heavy atom. The van der Waals surface area contributed by atoms with Crippen molar-refractivity contribution in [2.45, 2.75) is 131 Å². The van der Waals surface area contributed by atoms with E-state index in [4.69, 9.17) is 4.74 Å². The molecule has 0 aliphatic heterocycles. The van der Waals surface area contributed by atoms with Gasteiger partial charge in [-0.05, 0) is 85.9 Å². The number of allylic oxidation sites excluding steroid dienone is 1. The van der Waals surface area contributed by atoms with Crippen LogP contribution in [-0.2, 0) is 9.53 Å². The summed E-state index contributed by atoms with van der Waals surface area (Å²) < 4.78 is 5.64. The van der Waals surface area contributed by atoms with Crippen molar-refractivity contribution in [3.05, 3.63) is 11.6 Å². The summed E-state index contributed by atoms with van der Waals surface area (Å²) in [5.41, 5.74) is 1.94. The summed E-state index contributed by atoms with van der Waals surface area (Å²) in [7, 11) is 0. The Bertz CT molecular complexity index is 635. The number of unbranched alkanes of at least 4 members (excludes halogenated alkanes) is 1. The van der Waals surface area contributed by atoms with Crippen molar-refractivity contribution < 1.29 is 9.53 Å². The molecular formula is C30H52O2. The average Bonchev–Trinajstić information content (AvgIpc) is 3.22. The minimum absolute atomic E-state index is 0.109. The van der Waals surface area contributed by atoms with Gasteiger partial charge >= 0.3 is 5.97 Å². The maximum absolute atomic E-state index is 11.5. The lowest BCUT2D eigenvalue weighted by molar-refractivity contribution is -0.148. The second-order valence-electron chi connectivity index (χ2n) is 12.4. The van der Waals surface area contributed by atoms with Gasteiger partial charge in [0.25, 0.3) is 0 Å². The summed E-state index contributed by atoms with van der Waals surface area (Å²) in [6.45, 7) is 13.7. The van der Waals surface area contributed by atoms with Gasteiger partial charge in [-0.15, -0.1) is 0 Å². The van der Waals surface area contributed by atoms with Gasteiger partial charge in [0.2, 0.25) is 0 Å². The van der Waals surface area contributed by atoms with Gasteiger partial charge in [0.15, 0.2) is 0 Å². The number of rotatable bonds is 10. The molecular weight excluding hydrogens is 392 g/mol. The zero-order chi connectivity index (χ0) is 23.3. The lowest BCUT2D eigenvalue weighted by atomic mass is 9.53. The summed E-state index contributed by atoms with van der Waals surface area (Å²) >= 11 is 0. The van der Waals surface area contributed by atoms with Gasteiger partial charge in [-0.1, -0.05) is 78.4 Å². The van der Waals surface area contributed by atoms with Crippen LogP contribution in [0.4, 0.5) is 0 Å². The van der Waals surface area contributed by atoms with Crippen molar-refractivity contribution >= 4 is 5.97 Å². The molecule has 0 saturated heterocycles. The Morgan fingerprint density at radius 2 is 1.94 bits per heavy atom. The lowest BCUT2D eigenvalue weighted by Gasteiger charge is -2.52. The summed E-state index contributed by atoms with van der Waals surface area (Å²) in [6, 6.07) is 0. The molecule has 0 heterocycles. The first kappa shape index (κ1) is 25.8. The molecule has 2 nitrogen and oxygen atoms in total. The molecule has 0 radical (unpaired) electrons. The van der Waals surface area contributed by atoms with Gasteiger partial charge in [0.1, 0.15) is 6.10 Å². The highest BCUT2D eigenvalue weighted by Gasteiger charge is 2.49. The first-order valence-electron chi connectivity index (χ1n) is 14.1. The highest BCUT2D eigenvalue weighted by Crippen LogP contribution is 2.58. The molecule has 7 atom stereocenters. The van der Waals surface area contributed by atoms with Crippen molar-refractivity contribution in [1.82, 2.24) is 0 Å². The molecule has 0 aromatic heterocycles. The monoisotopic (exact) mass is 444 g/mol. The van der Waals surface area contributed by atoms with E-state index in [1.54, 1.807) is 12.5 Å². The Hall–Kier alpha value is -0.790. The van der Waals surface area contributed by atoms with Crippen LogP contribution in [0.1, 0.15) is 125 Å². The van der Waals surface area contributed by atoms with Crippen LogP contribution in [0.25, 0.3) is 0 Å². The van der Waals surface area contributed by atoms with Gasteiger partial charge < -0.3 is 4.74 Å². The number of hydrogen-bond acceptors (Lipinski definition) is 2. The molecule has 0 bridgehead atoms.